The van der Waals surface area contributed by atoms with Crippen LogP contribution in [-0.2, 0) is 4.79 Å². The number of amides is 1. The van der Waals surface area contributed by atoms with Gasteiger partial charge in [0, 0.05) is 11.1 Å². The molecule has 2 rings (SSSR count). The van der Waals surface area contributed by atoms with Crippen molar-refractivity contribution in [2.45, 2.75) is 6.92 Å². The summed E-state index contributed by atoms with van der Waals surface area (Å²) in [4.78, 5) is 16.0. The van der Waals surface area contributed by atoms with Crippen molar-refractivity contribution < 1.29 is 9.18 Å². The summed E-state index contributed by atoms with van der Waals surface area (Å²) in [6.45, 7) is 1.63. The fraction of sp³-hybridized carbons (Fsp3) is 0.0667. The van der Waals surface area contributed by atoms with Crippen molar-refractivity contribution in [3.05, 3.63) is 64.2 Å². The van der Waals surface area contributed by atoms with Gasteiger partial charge in [0.15, 0.2) is 0 Å². The Morgan fingerprint density at radius 1 is 1.30 bits per heavy atom. The van der Waals surface area contributed by atoms with Crippen molar-refractivity contribution >= 4 is 33.6 Å². The Balaban J connectivity index is 2.13. The molecular weight excluding hydrogens is 323 g/mol. The molecule has 0 aliphatic rings. The van der Waals surface area contributed by atoms with Gasteiger partial charge < -0.3 is 5.32 Å². The molecule has 20 heavy (non-hydrogen) atoms. The molecule has 0 aliphatic carbocycles. The molecule has 0 bridgehead atoms. The fourth-order valence-electron chi connectivity index (χ4n) is 1.57. The van der Waals surface area contributed by atoms with Gasteiger partial charge in [0.05, 0.1) is 11.9 Å². The SMILES string of the molecule is C/C(=C\c1ccccc1F)C(=O)Nc1ccc(Br)nc1. The highest BCUT2D eigenvalue weighted by Crippen LogP contribution is 2.14. The number of halogens is 2. The lowest BCUT2D eigenvalue weighted by molar-refractivity contribution is -0.112. The highest BCUT2D eigenvalue weighted by Gasteiger charge is 2.06. The molecule has 1 aromatic carbocycles. The van der Waals surface area contributed by atoms with E-state index in [0.717, 1.165) is 0 Å². The molecule has 5 heteroatoms. The van der Waals surface area contributed by atoms with Crippen molar-refractivity contribution in [2.24, 2.45) is 0 Å². The van der Waals surface area contributed by atoms with E-state index in [4.69, 9.17) is 0 Å². The molecule has 102 valence electrons. The molecule has 2 aromatic rings. The fourth-order valence-corrected chi connectivity index (χ4v) is 1.80. The summed E-state index contributed by atoms with van der Waals surface area (Å²) >= 11 is 3.22. The van der Waals surface area contributed by atoms with Crippen LogP contribution in [0.4, 0.5) is 10.1 Å². The maximum Gasteiger partial charge on any atom is 0.251 e. The summed E-state index contributed by atoms with van der Waals surface area (Å²) < 4.78 is 14.2. The topological polar surface area (TPSA) is 42.0 Å². The number of rotatable bonds is 3. The van der Waals surface area contributed by atoms with E-state index in [9.17, 15) is 9.18 Å². The standard InChI is InChI=1S/C15H12BrFN2O/c1-10(8-11-4-2-3-5-13(11)17)15(20)19-12-6-7-14(16)18-9-12/h2-9H,1H3,(H,19,20)/b10-8+. The summed E-state index contributed by atoms with van der Waals surface area (Å²) in [5.74, 6) is -0.651. The number of hydrogen-bond donors (Lipinski definition) is 1. The number of anilines is 1. The number of hydrogen-bond acceptors (Lipinski definition) is 2. The van der Waals surface area contributed by atoms with Gasteiger partial charge in [0.2, 0.25) is 0 Å². The highest BCUT2D eigenvalue weighted by molar-refractivity contribution is 9.10. The summed E-state index contributed by atoms with van der Waals surface area (Å²) in [7, 11) is 0. The summed E-state index contributed by atoms with van der Waals surface area (Å²) in [5.41, 5.74) is 1.38. The Bertz CT molecular complexity index is 653. The molecule has 0 radical (unpaired) electrons. The van der Waals surface area contributed by atoms with Crippen LogP contribution in [0.15, 0.2) is 52.8 Å². The third-order valence-electron chi connectivity index (χ3n) is 2.62. The second-order valence-corrected chi connectivity index (χ2v) is 4.99. The van der Waals surface area contributed by atoms with Crippen molar-refractivity contribution in [3.8, 4) is 0 Å². The zero-order valence-electron chi connectivity index (χ0n) is 10.7. The number of carbonyl (C=O) groups is 1. The van der Waals surface area contributed by atoms with Gasteiger partial charge in [-0.15, -0.1) is 0 Å². The van der Waals surface area contributed by atoms with Crippen molar-refractivity contribution in [1.29, 1.82) is 0 Å². The van der Waals surface area contributed by atoms with Crippen molar-refractivity contribution in [2.75, 3.05) is 5.32 Å². The van der Waals surface area contributed by atoms with Gasteiger partial charge in [-0.1, -0.05) is 18.2 Å². The van der Waals surface area contributed by atoms with Crippen LogP contribution in [0.2, 0.25) is 0 Å². The highest BCUT2D eigenvalue weighted by atomic mass is 79.9. The van der Waals surface area contributed by atoms with Gasteiger partial charge in [-0.25, -0.2) is 9.37 Å². The van der Waals surface area contributed by atoms with E-state index >= 15 is 0 Å². The van der Waals surface area contributed by atoms with E-state index in [-0.39, 0.29) is 11.7 Å². The zero-order chi connectivity index (χ0) is 14.5. The van der Waals surface area contributed by atoms with Gasteiger partial charge in [0.1, 0.15) is 10.4 Å². The van der Waals surface area contributed by atoms with Crippen LogP contribution >= 0.6 is 15.9 Å². The molecule has 1 heterocycles. The minimum absolute atomic E-state index is 0.294. The number of benzene rings is 1. The molecule has 3 nitrogen and oxygen atoms in total. The van der Waals surface area contributed by atoms with Gasteiger partial charge in [0.25, 0.3) is 5.91 Å². The van der Waals surface area contributed by atoms with E-state index in [1.54, 1.807) is 43.5 Å². The molecule has 0 saturated heterocycles. The van der Waals surface area contributed by atoms with E-state index < -0.39 is 0 Å². The monoisotopic (exact) mass is 334 g/mol. The van der Waals surface area contributed by atoms with E-state index in [0.29, 0.717) is 21.4 Å². The third-order valence-corrected chi connectivity index (χ3v) is 3.09. The summed E-state index contributed by atoms with van der Waals surface area (Å²) in [5, 5.41) is 2.70. The zero-order valence-corrected chi connectivity index (χ0v) is 12.3. The lowest BCUT2D eigenvalue weighted by atomic mass is 10.1. The summed E-state index contributed by atoms with van der Waals surface area (Å²) in [6.07, 6.45) is 3.05. The molecule has 0 spiro atoms. The lowest BCUT2D eigenvalue weighted by Gasteiger charge is -2.05. The number of carbonyl (C=O) groups excluding carboxylic acids is 1. The number of aromatic nitrogens is 1. The first kappa shape index (κ1) is 14.4. The first-order valence-electron chi connectivity index (χ1n) is 5.92. The predicted octanol–water partition coefficient (Wildman–Crippen LogP) is 4.03. The molecule has 0 saturated carbocycles. The number of nitrogens with zero attached hydrogens (tertiary/aromatic N) is 1. The Labute approximate surface area is 124 Å². The van der Waals surface area contributed by atoms with Crippen molar-refractivity contribution in [3.63, 3.8) is 0 Å². The average Bonchev–Trinajstić information content (AvgIpc) is 2.44. The van der Waals surface area contributed by atoms with E-state index in [2.05, 4.69) is 26.2 Å². The van der Waals surface area contributed by atoms with Crippen LogP contribution in [0.1, 0.15) is 12.5 Å². The predicted molar refractivity (Wildman–Crippen MR) is 80.6 cm³/mol. The van der Waals surface area contributed by atoms with Crippen molar-refractivity contribution in [1.82, 2.24) is 4.98 Å². The maximum atomic E-state index is 13.5. The Kier molecular flexibility index (Phi) is 4.63. The van der Waals surface area contributed by atoms with Gasteiger partial charge in [-0.05, 0) is 47.1 Å². The second kappa shape index (κ2) is 6.43. The van der Waals surface area contributed by atoms with Crippen LogP contribution in [-0.4, -0.2) is 10.9 Å². The van der Waals surface area contributed by atoms with E-state index in [1.165, 1.54) is 12.1 Å². The van der Waals surface area contributed by atoms with Crippen LogP contribution in [0, 0.1) is 5.82 Å². The first-order valence-corrected chi connectivity index (χ1v) is 6.71. The molecule has 0 aliphatic heterocycles. The average molecular weight is 335 g/mol. The number of pyridine rings is 1. The number of nitrogens with one attached hydrogen (secondary N) is 1. The van der Waals surface area contributed by atoms with E-state index in [1.807, 2.05) is 0 Å². The molecule has 0 fully saturated rings. The molecule has 1 N–H and O–H groups in total. The quantitative estimate of drug-likeness (QED) is 0.680. The first-order chi connectivity index (χ1) is 9.56. The van der Waals surface area contributed by atoms with Crippen LogP contribution in [0.5, 0.6) is 0 Å². The Hall–Kier alpha value is -2.01. The smallest absolute Gasteiger partial charge is 0.251 e. The van der Waals surface area contributed by atoms with Gasteiger partial charge >= 0.3 is 0 Å². The Morgan fingerprint density at radius 2 is 2.05 bits per heavy atom. The van der Waals surface area contributed by atoms with Crippen LogP contribution < -0.4 is 5.32 Å². The normalized spacial score (nSPS) is 11.2. The van der Waals surface area contributed by atoms with Gasteiger partial charge in [-0.2, -0.15) is 0 Å². The Morgan fingerprint density at radius 3 is 2.70 bits per heavy atom. The molecule has 0 unspecified atom stereocenters. The van der Waals surface area contributed by atoms with Crippen LogP contribution in [0.25, 0.3) is 6.08 Å². The second-order valence-electron chi connectivity index (χ2n) is 4.17. The van der Waals surface area contributed by atoms with Crippen LogP contribution in [0.3, 0.4) is 0 Å². The lowest BCUT2D eigenvalue weighted by Crippen LogP contribution is -2.12. The third kappa shape index (κ3) is 3.74. The molecular formula is C15H12BrFN2O. The maximum absolute atomic E-state index is 13.5. The van der Waals surface area contributed by atoms with Gasteiger partial charge in [-0.3, -0.25) is 4.79 Å². The minimum Gasteiger partial charge on any atom is -0.321 e. The molecule has 0 atom stereocenters. The molecule has 1 amide bonds. The molecule has 1 aromatic heterocycles. The largest absolute Gasteiger partial charge is 0.321 e. The summed E-state index contributed by atoms with van der Waals surface area (Å²) in [6, 6.07) is 9.76. The minimum atomic E-state index is -0.357.